The molecule has 2 unspecified atom stereocenters. The number of carbonyl (C=O) groups excluding carboxylic acids is 1. The largest absolute Gasteiger partial charge is 0.366 e. The number of nitrogens with one attached hydrogen (secondary N) is 2. The average Bonchev–Trinajstić information content (AvgIpc) is 2.40. The number of pyridine rings is 1. The SMILES string of the molecule is CNC(=O)c1cc(N2CC(C)NCC2C)ccn1. The first-order valence-corrected chi connectivity index (χ1v) is 6.30. The normalized spacial score (nSPS) is 23.8. The Morgan fingerprint density at radius 3 is 3.06 bits per heavy atom. The summed E-state index contributed by atoms with van der Waals surface area (Å²) in [6.07, 6.45) is 1.69. The Morgan fingerprint density at radius 2 is 2.33 bits per heavy atom. The summed E-state index contributed by atoms with van der Waals surface area (Å²) in [7, 11) is 1.62. The third-order valence-electron chi connectivity index (χ3n) is 3.30. The minimum atomic E-state index is -0.146. The molecule has 0 aromatic carbocycles. The molecule has 2 rings (SSSR count). The minimum Gasteiger partial charge on any atom is -0.366 e. The van der Waals surface area contributed by atoms with Gasteiger partial charge in [-0.2, -0.15) is 0 Å². The van der Waals surface area contributed by atoms with Crippen molar-refractivity contribution in [3.63, 3.8) is 0 Å². The van der Waals surface area contributed by atoms with Crippen molar-refractivity contribution in [3.05, 3.63) is 24.0 Å². The second-order valence-corrected chi connectivity index (χ2v) is 4.79. The highest BCUT2D eigenvalue weighted by molar-refractivity contribution is 5.92. The topological polar surface area (TPSA) is 57.3 Å². The Labute approximate surface area is 108 Å². The van der Waals surface area contributed by atoms with E-state index in [4.69, 9.17) is 0 Å². The van der Waals surface area contributed by atoms with Gasteiger partial charge in [0.05, 0.1) is 0 Å². The maximum Gasteiger partial charge on any atom is 0.269 e. The Balaban J connectivity index is 2.24. The molecule has 1 aliphatic heterocycles. The Morgan fingerprint density at radius 1 is 1.56 bits per heavy atom. The van der Waals surface area contributed by atoms with Gasteiger partial charge in [-0.25, -0.2) is 0 Å². The number of nitrogens with zero attached hydrogens (tertiary/aromatic N) is 2. The van der Waals surface area contributed by atoms with Gasteiger partial charge in [0, 0.05) is 44.1 Å². The van der Waals surface area contributed by atoms with Crippen LogP contribution >= 0.6 is 0 Å². The Hall–Kier alpha value is -1.62. The number of amides is 1. The molecular formula is C13H20N4O. The summed E-state index contributed by atoms with van der Waals surface area (Å²) in [5.41, 5.74) is 1.53. The van der Waals surface area contributed by atoms with Gasteiger partial charge in [0.1, 0.15) is 5.69 Å². The third kappa shape index (κ3) is 2.61. The van der Waals surface area contributed by atoms with E-state index in [0.29, 0.717) is 17.8 Å². The molecule has 0 spiro atoms. The zero-order valence-corrected chi connectivity index (χ0v) is 11.1. The van der Waals surface area contributed by atoms with Crippen molar-refractivity contribution in [2.45, 2.75) is 25.9 Å². The molecule has 2 heterocycles. The molecule has 1 fully saturated rings. The van der Waals surface area contributed by atoms with Crippen LogP contribution in [0, 0.1) is 0 Å². The lowest BCUT2D eigenvalue weighted by Gasteiger charge is -2.39. The Bertz CT molecular complexity index is 435. The van der Waals surface area contributed by atoms with Gasteiger partial charge in [-0.05, 0) is 26.0 Å². The first-order chi connectivity index (χ1) is 8.61. The van der Waals surface area contributed by atoms with E-state index in [1.54, 1.807) is 13.2 Å². The highest BCUT2D eigenvalue weighted by atomic mass is 16.1. The number of anilines is 1. The van der Waals surface area contributed by atoms with Gasteiger partial charge in [-0.3, -0.25) is 9.78 Å². The molecule has 98 valence electrons. The van der Waals surface area contributed by atoms with Gasteiger partial charge >= 0.3 is 0 Å². The van der Waals surface area contributed by atoms with Crippen molar-refractivity contribution in [1.29, 1.82) is 0 Å². The molecule has 1 aromatic rings. The van der Waals surface area contributed by atoms with Crippen molar-refractivity contribution in [3.8, 4) is 0 Å². The van der Waals surface area contributed by atoms with Gasteiger partial charge < -0.3 is 15.5 Å². The summed E-state index contributed by atoms with van der Waals surface area (Å²) in [5, 5.41) is 6.04. The van der Waals surface area contributed by atoms with Crippen molar-refractivity contribution in [2.75, 3.05) is 25.0 Å². The van der Waals surface area contributed by atoms with Crippen LogP contribution in [0.1, 0.15) is 24.3 Å². The number of hydrogen-bond donors (Lipinski definition) is 2. The van der Waals surface area contributed by atoms with E-state index in [0.717, 1.165) is 18.8 Å². The van der Waals surface area contributed by atoms with Crippen LogP contribution in [0.4, 0.5) is 5.69 Å². The van der Waals surface area contributed by atoms with E-state index in [1.807, 2.05) is 12.1 Å². The number of rotatable bonds is 2. The lowest BCUT2D eigenvalue weighted by molar-refractivity contribution is 0.0958. The maximum atomic E-state index is 11.6. The van der Waals surface area contributed by atoms with Gasteiger partial charge in [-0.15, -0.1) is 0 Å². The van der Waals surface area contributed by atoms with Crippen molar-refractivity contribution in [2.24, 2.45) is 0 Å². The fourth-order valence-corrected chi connectivity index (χ4v) is 2.23. The molecule has 2 N–H and O–H groups in total. The second kappa shape index (κ2) is 5.35. The molecule has 1 aromatic heterocycles. The molecule has 1 saturated heterocycles. The van der Waals surface area contributed by atoms with Crippen LogP contribution in [0.25, 0.3) is 0 Å². The van der Waals surface area contributed by atoms with Crippen molar-refractivity contribution < 1.29 is 4.79 Å². The summed E-state index contributed by atoms with van der Waals surface area (Å²) in [4.78, 5) is 18.0. The fraction of sp³-hybridized carbons (Fsp3) is 0.538. The highest BCUT2D eigenvalue weighted by Gasteiger charge is 2.23. The molecule has 0 bridgehead atoms. The predicted molar refractivity (Wildman–Crippen MR) is 71.9 cm³/mol. The lowest BCUT2D eigenvalue weighted by Crippen LogP contribution is -2.54. The van der Waals surface area contributed by atoms with Crippen LogP contribution in [0.2, 0.25) is 0 Å². The molecular weight excluding hydrogens is 228 g/mol. The summed E-state index contributed by atoms with van der Waals surface area (Å²) < 4.78 is 0. The van der Waals surface area contributed by atoms with Crippen LogP contribution in [0.15, 0.2) is 18.3 Å². The van der Waals surface area contributed by atoms with E-state index in [9.17, 15) is 4.79 Å². The summed E-state index contributed by atoms with van der Waals surface area (Å²) >= 11 is 0. The first kappa shape index (κ1) is 12.8. The summed E-state index contributed by atoms with van der Waals surface area (Å²) in [5.74, 6) is -0.146. The van der Waals surface area contributed by atoms with Crippen LogP contribution < -0.4 is 15.5 Å². The van der Waals surface area contributed by atoms with E-state index in [1.165, 1.54) is 0 Å². The van der Waals surface area contributed by atoms with E-state index in [-0.39, 0.29) is 5.91 Å². The van der Waals surface area contributed by atoms with E-state index in [2.05, 4.69) is 34.4 Å². The van der Waals surface area contributed by atoms with Gasteiger partial charge in [-0.1, -0.05) is 0 Å². The molecule has 1 amide bonds. The molecule has 0 aliphatic carbocycles. The molecule has 5 heteroatoms. The number of hydrogen-bond acceptors (Lipinski definition) is 4. The van der Waals surface area contributed by atoms with E-state index < -0.39 is 0 Å². The summed E-state index contributed by atoms with van der Waals surface area (Å²) in [6.45, 7) is 6.25. The molecule has 5 nitrogen and oxygen atoms in total. The van der Waals surface area contributed by atoms with E-state index >= 15 is 0 Å². The molecule has 0 saturated carbocycles. The minimum absolute atomic E-state index is 0.146. The van der Waals surface area contributed by atoms with Crippen molar-refractivity contribution in [1.82, 2.24) is 15.6 Å². The lowest BCUT2D eigenvalue weighted by atomic mass is 10.1. The standard InChI is InChI=1S/C13H20N4O/c1-9-8-17(10(2)7-16-9)11-4-5-15-12(6-11)13(18)14-3/h4-6,9-10,16H,7-8H2,1-3H3,(H,14,18). The number of carbonyl (C=O) groups is 1. The zero-order valence-electron chi connectivity index (χ0n) is 11.1. The van der Waals surface area contributed by atoms with Crippen LogP contribution in [-0.2, 0) is 0 Å². The smallest absolute Gasteiger partial charge is 0.269 e. The number of piperazine rings is 1. The molecule has 1 aliphatic rings. The quantitative estimate of drug-likeness (QED) is 0.806. The molecule has 2 atom stereocenters. The highest BCUT2D eigenvalue weighted by Crippen LogP contribution is 2.20. The average molecular weight is 248 g/mol. The maximum absolute atomic E-state index is 11.6. The zero-order chi connectivity index (χ0) is 13.1. The van der Waals surface area contributed by atoms with Gasteiger partial charge in [0.15, 0.2) is 0 Å². The van der Waals surface area contributed by atoms with Gasteiger partial charge in [0.25, 0.3) is 5.91 Å². The predicted octanol–water partition coefficient (Wildman–Crippen LogP) is 0.628. The molecule has 0 radical (unpaired) electrons. The fourth-order valence-electron chi connectivity index (χ4n) is 2.23. The molecule has 18 heavy (non-hydrogen) atoms. The summed E-state index contributed by atoms with van der Waals surface area (Å²) in [6, 6.07) is 4.69. The monoisotopic (exact) mass is 248 g/mol. The number of aromatic nitrogens is 1. The van der Waals surface area contributed by atoms with Gasteiger partial charge in [0.2, 0.25) is 0 Å². The third-order valence-corrected chi connectivity index (χ3v) is 3.30. The van der Waals surface area contributed by atoms with Crippen LogP contribution in [0.5, 0.6) is 0 Å². The Kier molecular flexibility index (Phi) is 3.81. The van der Waals surface area contributed by atoms with Crippen LogP contribution in [0.3, 0.4) is 0 Å². The van der Waals surface area contributed by atoms with Crippen molar-refractivity contribution >= 4 is 11.6 Å². The van der Waals surface area contributed by atoms with Crippen LogP contribution in [-0.4, -0.2) is 43.1 Å². The second-order valence-electron chi connectivity index (χ2n) is 4.79. The first-order valence-electron chi connectivity index (χ1n) is 6.30.